The SMILES string of the molecule is CC(C)(CCCCCCCCCCC(C)(C)C(O)(O)O)C(N)(O)O. The topological polar surface area (TPSA) is 127 Å². The molecule has 0 atom stereocenters. The molecule has 0 aromatic rings. The van der Waals surface area contributed by atoms with Crippen LogP contribution in [0.3, 0.4) is 0 Å². The average molecular weight is 350 g/mol. The highest BCUT2D eigenvalue weighted by atomic mass is 16.7. The monoisotopic (exact) mass is 349 g/mol. The molecule has 0 amide bonds. The maximum absolute atomic E-state index is 9.46. The van der Waals surface area contributed by atoms with Crippen LogP contribution in [0, 0.1) is 10.8 Å². The van der Waals surface area contributed by atoms with Gasteiger partial charge in [-0.15, -0.1) is 0 Å². The first-order valence-corrected chi connectivity index (χ1v) is 9.11. The lowest BCUT2D eigenvalue weighted by Gasteiger charge is -2.34. The van der Waals surface area contributed by atoms with Crippen LogP contribution in [0.4, 0.5) is 0 Å². The van der Waals surface area contributed by atoms with Gasteiger partial charge < -0.3 is 25.5 Å². The Hall–Kier alpha value is -0.240. The Labute approximate surface area is 146 Å². The van der Waals surface area contributed by atoms with Crippen molar-refractivity contribution in [1.82, 2.24) is 0 Å². The van der Waals surface area contributed by atoms with E-state index in [4.69, 9.17) is 5.73 Å². The van der Waals surface area contributed by atoms with E-state index in [0.29, 0.717) is 12.8 Å². The third-order valence-electron chi connectivity index (χ3n) is 5.26. The summed E-state index contributed by atoms with van der Waals surface area (Å²) in [6.07, 6.45) is 9.56. The predicted octanol–water partition coefficient (Wildman–Crippen LogP) is 2.17. The van der Waals surface area contributed by atoms with E-state index >= 15 is 0 Å². The van der Waals surface area contributed by atoms with E-state index in [2.05, 4.69) is 0 Å². The van der Waals surface area contributed by atoms with E-state index in [1.54, 1.807) is 27.7 Å². The zero-order valence-electron chi connectivity index (χ0n) is 15.9. The molecule has 6 nitrogen and oxygen atoms in total. The minimum absolute atomic E-state index is 0.564. The Kier molecular flexibility index (Phi) is 9.36. The maximum Gasteiger partial charge on any atom is 0.280 e. The van der Waals surface area contributed by atoms with Crippen molar-refractivity contribution in [2.24, 2.45) is 16.6 Å². The summed E-state index contributed by atoms with van der Waals surface area (Å²) >= 11 is 0. The molecule has 0 bridgehead atoms. The van der Waals surface area contributed by atoms with Gasteiger partial charge >= 0.3 is 0 Å². The Morgan fingerprint density at radius 2 is 0.833 bits per heavy atom. The van der Waals surface area contributed by atoms with Gasteiger partial charge in [0, 0.05) is 10.8 Å². The Balaban J connectivity index is 3.60. The Morgan fingerprint density at radius 1 is 0.542 bits per heavy atom. The molecule has 0 heterocycles. The Bertz CT molecular complexity index is 308. The molecule has 0 aliphatic carbocycles. The van der Waals surface area contributed by atoms with E-state index < -0.39 is 22.7 Å². The first-order valence-electron chi connectivity index (χ1n) is 9.11. The number of rotatable bonds is 13. The molecule has 0 aromatic heterocycles. The zero-order chi connectivity index (χ0) is 19.1. The molecular formula is C18H39NO5. The molecule has 24 heavy (non-hydrogen) atoms. The van der Waals surface area contributed by atoms with Crippen LogP contribution in [0.25, 0.3) is 0 Å². The molecule has 0 aliphatic heterocycles. The summed E-state index contributed by atoms with van der Waals surface area (Å²) in [6, 6.07) is 0. The molecule has 0 unspecified atom stereocenters. The van der Waals surface area contributed by atoms with Gasteiger partial charge in [0.2, 0.25) is 5.91 Å². The number of hydrogen-bond acceptors (Lipinski definition) is 6. The second kappa shape index (κ2) is 9.46. The summed E-state index contributed by atoms with van der Waals surface area (Å²) in [4.78, 5) is 0. The van der Waals surface area contributed by atoms with Crippen molar-refractivity contribution in [2.75, 3.05) is 0 Å². The van der Waals surface area contributed by atoms with Gasteiger partial charge in [0.15, 0.2) is 0 Å². The summed E-state index contributed by atoms with van der Waals surface area (Å²) < 4.78 is 0. The van der Waals surface area contributed by atoms with Gasteiger partial charge in [0.25, 0.3) is 5.97 Å². The van der Waals surface area contributed by atoms with Crippen molar-refractivity contribution < 1.29 is 25.5 Å². The molecule has 146 valence electrons. The van der Waals surface area contributed by atoms with Crippen molar-refractivity contribution in [3.8, 4) is 0 Å². The van der Waals surface area contributed by atoms with Crippen LogP contribution in [-0.2, 0) is 0 Å². The van der Waals surface area contributed by atoms with Crippen LogP contribution < -0.4 is 5.73 Å². The second-order valence-electron chi connectivity index (χ2n) is 8.46. The lowest BCUT2D eigenvalue weighted by molar-refractivity contribution is -0.368. The molecule has 0 radical (unpaired) electrons. The van der Waals surface area contributed by atoms with Crippen molar-refractivity contribution in [1.29, 1.82) is 0 Å². The minimum atomic E-state index is -2.62. The molecule has 0 fully saturated rings. The van der Waals surface area contributed by atoms with Crippen LogP contribution >= 0.6 is 0 Å². The third kappa shape index (κ3) is 8.74. The number of aliphatic hydroxyl groups is 5. The van der Waals surface area contributed by atoms with Crippen molar-refractivity contribution in [3.05, 3.63) is 0 Å². The fourth-order valence-electron chi connectivity index (χ4n) is 2.55. The predicted molar refractivity (Wildman–Crippen MR) is 94.5 cm³/mol. The van der Waals surface area contributed by atoms with Crippen molar-refractivity contribution in [2.45, 2.75) is 104 Å². The van der Waals surface area contributed by atoms with Crippen LogP contribution in [0.1, 0.15) is 91.9 Å². The highest BCUT2D eigenvalue weighted by Crippen LogP contribution is 2.33. The minimum Gasteiger partial charge on any atom is -0.353 e. The summed E-state index contributed by atoms with van der Waals surface area (Å²) in [5.41, 5.74) is 3.72. The van der Waals surface area contributed by atoms with E-state index in [0.717, 1.165) is 51.4 Å². The summed E-state index contributed by atoms with van der Waals surface area (Å²) in [5.74, 6) is -4.75. The maximum atomic E-state index is 9.46. The van der Waals surface area contributed by atoms with Gasteiger partial charge in [-0.3, -0.25) is 5.73 Å². The molecule has 0 aliphatic rings. The van der Waals surface area contributed by atoms with Gasteiger partial charge in [-0.1, -0.05) is 79.1 Å². The van der Waals surface area contributed by atoms with E-state index in [1.807, 2.05) is 0 Å². The highest BCUT2D eigenvalue weighted by Gasteiger charge is 2.39. The van der Waals surface area contributed by atoms with Gasteiger partial charge in [0.1, 0.15) is 0 Å². The number of nitrogens with two attached hydrogens (primary N) is 1. The summed E-state index contributed by atoms with van der Waals surface area (Å²) in [7, 11) is 0. The highest BCUT2D eigenvalue weighted by molar-refractivity contribution is 4.79. The average Bonchev–Trinajstić information content (AvgIpc) is 2.38. The van der Waals surface area contributed by atoms with Crippen molar-refractivity contribution in [3.63, 3.8) is 0 Å². The largest absolute Gasteiger partial charge is 0.353 e. The molecule has 0 aromatic carbocycles. The zero-order valence-corrected chi connectivity index (χ0v) is 15.9. The lowest BCUT2D eigenvalue weighted by atomic mass is 9.83. The molecular weight excluding hydrogens is 310 g/mol. The molecule has 0 rings (SSSR count). The standard InChI is InChI=1S/C18H39NO5/c1-15(2,17(19,20)21)13-11-9-7-5-6-8-10-12-14-16(3,4)18(22,23)24/h20-24H,5-14,19H2,1-4H3. The van der Waals surface area contributed by atoms with Crippen LogP contribution in [0.5, 0.6) is 0 Å². The van der Waals surface area contributed by atoms with Gasteiger partial charge in [-0.05, 0) is 12.8 Å². The van der Waals surface area contributed by atoms with Gasteiger partial charge in [-0.25, -0.2) is 0 Å². The number of unbranched alkanes of at least 4 members (excludes halogenated alkanes) is 7. The van der Waals surface area contributed by atoms with Crippen LogP contribution in [0.15, 0.2) is 0 Å². The van der Waals surface area contributed by atoms with E-state index in [1.165, 1.54) is 0 Å². The summed E-state index contributed by atoms with van der Waals surface area (Å²) in [5, 5.41) is 46.7. The quantitative estimate of drug-likeness (QED) is 0.223. The van der Waals surface area contributed by atoms with E-state index in [9.17, 15) is 25.5 Å². The summed E-state index contributed by atoms with van der Waals surface area (Å²) in [6.45, 7) is 6.80. The number of hydrogen-bond donors (Lipinski definition) is 6. The third-order valence-corrected chi connectivity index (χ3v) is 5.26. The molecule has 0 saturated carbocycles. The Morgan fingerprint density at radius 3 is 1.12 bits per heavy atom. The fourth-order valence-corrected chi connectivity index (χ4v) is 2.55. The van der Waals surface area contributed by atoms with Crippen LogP contribution in [0.2, 0.25) is 0 Å². The lowest BCUT2D eigenvalue weighted by Crippen LogP contribution is -2.52. The van der Waals surface area contributed by atoms with Gasteiger partial charge in [0.05, 0.1) is 0 Å². The van der Waals surface area contributed by atoms with Crippen molar-refractivity contribution >= 4 is 0 Å². The second-order valence-corrected chi connectivity index (χ2v) is 8.46. The molecule has 7 N–H and O–H groups in total. The van der Waals surface area contributed by atoms with Crippen LogP contribution in [-0.4, -0.2) is 37.4 Å². The molecule has 6 heteroatoms. The molecule has 0 saturated heterocycles. The van der Waals surface area contributed by atoms with E-state index in [-0.39, 0.29) is 0 Å². The first-order chi connectivity index (χ1) is 10.7. The smallest absolute Gasteiger partial charge is 0.280 e. The molecule has 0 spiro atoms. The van der Waals surface area contributed by atoms with Gasteiger partial charge in [-0.2, -0.15) is 0 Å². The normalized spacial score (nSPS) is 14.2. The fraction of sp³-hybridized carbons (Fsp3) is 1.00. The first kappa shape index (κ1) is 23.8.